The number of nitrogens with two attached hydrogens (primary N) is 1. The van der Waals surface area contributed by atoms with E-state index in [-0.39, 0.29) is 4.87 Å². The highest BCUT2D eigenvalue weighted by Crippen LogP contribution is 2.50. The van der Waals surface area contributed by atoms with E-state index in [4.69, 9.17) is 5.73 Å². The molecule has 0 aromatic carbocycles. The lowest BCUT2D eigenvalue weighted by Crippen LogP contribution is -2.45. The van der Waals surface area contributed by atoms with Gasteiger partial charge in [-0.1, -0.05) is 27.7 Å². The van der Waals surface area contributed by atoms with E-state index in [0.29, 0.717) is 5.41 Å². The van der Waals surface area contributed by atoms with E-state index in [9.17, 15) is 0 Å². The van der Waals surface area contributed by atoms with E-state index in [0.717, 1.165) is 24.7 Å². The molecule has 0 spiro atoms. The Bertz CT molecular complexity index is 176. The lowest BCUT2D eigenvalue weighted by atomic mass is 9.60. The molecule has 0 radical (unpaired) electrons. The standard InChI is InChI=1S/C12H25NS/c1-9(2)11(10(3)4)5-7-12(13,14)8-6-11/h9-10,14H,5-8,13H2,1-4H3. The van der Waals surface area contributed by atoms with Crippen LogP contribution in [0.1, 0.15) is 53.4 Å². The lowest BCUT2D eigenvalue weighted by Gasteiger charge is -2.48. The zero-order valence-electron chi connectivity index (χ0n) is 10.0. The second kappa shape index (κ2) is 4.05. The summed E-state index contributed by atoms with van der Waals surface area (Å²) in [5.41, 5.74) is 6.57. The summed E-state index contributed by atoms with van der Waals surface area (Å²) in [4.78, 5) is -0.201. The summed E-state index contributed by atoms with van der Waals surface area (Å²) in [6.45, 7) is 9.40. The molecule has 0 aromatic heterocycles. The zero-order chi connectivity index (χ0) is 11.0. The lowest BCUT2D eigenvalue weighted by molar-refractivity contribution is 0.0474. The molecule has 0 saturated heterocycles. The predicted octanol–water partition coefficient (Wildman–Crippen LogP) is 3.44. The molecule has 2 N–H and O–H groups in total. The van der Waals surface area contributed by atoms with Crippen molar-refractivity contribution in [1.29, 1.82) is 0 Å². The van der Waals surface area contributed by atoms with Crippen LogP contribution < -0.4 is 5.73 Å². The molecule has 0 aliphatic heterocycles. The molecule has 2 heteroatoms. The first kappa shape index (κ1) is 12.4. The minimum absolute atomic E-state index is 0.201. The quantitative estimate of drug-likeness (QED) is 0.535. The highest BCUT2D eigenvalue weighted by molar-refractivity contribution is 7.81. The number of hydrogen-bond donors (Lipinski definition) is 2. The van der Waals surface area contributed by atoms with Gasteiger partial charge in [-0.2, -0.15) is 12.6 Å². The fourth-order valence-electron chi connectivity index (χ4n) is 2.97. The van der Waals surface area contributed by atoms with Gasteiger partial charge in [0.1, 0.15) is 0 Å². The van der Waals surface area contributed by atoms with Crippen molar-refractivity contribution in [3.63, 3.8) is 0 Å². The van der Waals surface area contributed by atoms with Crippen molar-refractivity contribution in [3.05, 3.63) is 0 Å². The van der Waals surface area contributed by atoms with Crippen LogP contribution >= 0.6 is 12.6 Å². The van der Waals surface area contributed by atoms with Gasteiger partial charge in [-0.25, -0.2) is 0 Å². The summed E-state index contributed by atoms with van der Waals surface area (Å²) in [6.07, 6.45) is 4.60. The van der Waals surface area contributed by atoms with Crippen LogP contribution in [0.2, 0.25) is 0 Å². The van der Waals surface area contributed by atoms with Gasteiger partial charge >= 0.3 is 0 Å². The Morgan fingerprint density at radius 3 is 1.57 bits per heavy atom. The molecule has 1 rings (SSSR count). The summed E-state index contributed by atoms with van der Waals surface area (Å²) in [7, 11) is 0. The first-order chi connectivity index (χ1) is 6.30. The van der Waals surface area contributed by atoms with Crippen molar-refractivity contribution in [2.45, 2.75) is 58.2 Å². The molecule has 1 aliphatic carbocycles. The van der Waals surface area contributed by atoms with E-state index in [1.807, 2.05) is 0 Å². The van der Waals surface area contributed by atoms with Crippen molar-refractivity contribution in [2.75, 3.05) is 0 Å². The number of thiol groups is 1. The summed E-state index contributed by atoms with van der Waals surface area (Å²) in [6, 6.07) is 0. The molecule has 14 heavy (non-hydrogen) atoms. The summed E-state index contributed by atoms with van der Waals surface area (Å²) < 4.78 is 0. The molecule has 84 valence electrons. The highest BCUT2D eigenvalue weighted by Gasteiger charge is 2.42. The number of hydrogen-bond acceptors (Lipinski definition) is 2. The number of rotatable bonds is 2. The van der Waals surface area contributed by atoms with Crippen LogP contribution in [0, 0.1) is 17.3 Å². The Morgan fingerprint density at radius 1 is 0.929 bits per heavy atom. The molecule has 0 atom stereocenters. The Balaban J connectivity index is 2.75. The average Bonchev–Trinajstić information content (AvgIpc) is 2.03. The van der Waals surface area contributed by atoms with E-state index in [1.54, 1.807) is 0 Å². The molecule has 1 aliphatic rings. The third-order valence-corrected chi connectivity index (χ3v) is 4.79. The summed E-state index contributed by atoms with van der Waals surface area (Å²) in [5, 5.41) is 0. The van der Waals surface area contributed by atoms with E-state index < -0.39 is 0 Å². The minimum atomic E-state index is -0.201. The normalized spacial score (nSPS) is 25.7. The minimum Gasteiger partial charge on any atom is -0.317 e. The van der Waals surface area contributed by atoms with Gasteiger partial charge in [-0.15, -0.1) is 0 Å². The van der Waals surface area contributed by atoms with Gasteiger partial charge in [0.05, 0.1) is 4.87 Å². The van der Waals surface area contributed by atoms with Crippen molar-refractivity contribution in [1.82, 2.24) is 0 Å². The SMILES string of the molecule is CC(C)C1(C(C)C)CCC(N)(S)CC1. The molecule has 0 heterocycles. The summed E-state index contributed by atoms with van der Waals surface area (Å²) >= 11 is 4.51. The maximum Gasteiger partial charge on any atom is 0.0591 e. The molecular weight excluding hydrogens is 190 g/mol. The van der Waals surface area contributed by atoms with Gasteiger partial charge in [0, 0.05) is 0 Å². The smallest absolute Gasteiger partial charge is 0.0591 e. The van der Waals surface area contributed by atoms with Gasteiger partial charge in [0.2, 0.25) is 0 Å². The van der Waals surface area contributed by atoms with Crippen molar-refractivity contribution in [2.24, 2.45) is 23.0 Å². The topological polar surface area (TPSA) is 26.0 Å². The van der Waals surface area contributed by atoms with Crippen LogP contribution in [0.5, 0.6) is 0 Å². The third-order valence-electron chi connectivity index (χ3n) is 4.35. The molecule has 0 bridgehead atoms. The zero-order valence-corrected chi connectivity index (χ0v) is 10.9. The van der Waals surface area contributed by atoms with Crippen LogP contribution in [0.3, 0.4) is 0 Å². The molecule has 0 aromatic rings. The van der Waals surface area contributed by atoms with Gasteiger partial charge in [0.15, 0.2) is 0 Å². The molecule has 1 saturated carbocycles. The van der Waals surface area contributed by atoms with Gasteiger partial charge in [-0.3, -0.25) is 0 Å². The van der Waals surface area contributed by atoms with Crippen LogP contribution in [0.15, 0.2) is 0 Å². The Hall–Kier alpha value is 0.310. The third kappa shape index (κ3) is 2.27. The summed E-state index contributed by atoms with van der Waals surface area (Å²) in [5.74, 6) is 1.51. The average molecular weight is 215 g/mol. The van der Waals surface area contributed by atoms with Gasteiger partial charge in [-0.05, 0) is 42.9 Å². The van der Waals surface area contributed by atoms with Crippen LogP contribution in [-0.4, -0.2) is 4.87 Å². The monoisotopic (exact) mass is 215 g/mol. The van der Waals surface area contributed by atoms with E-state index in [1.165, 1.54) is 12.8 Å². The molecule has 1 fully saturated rings. The fourth-order valence-corrected chi connectivity index (χ4v) is 3.19. The van der Waals surface area contributed by atoms with Crippen molar-refractivity contribution in [3.8, 4) is 0 Å². The second-order valence-electron chi connectivity index (χ2n) is 5.65. The largest absolute Gasteiger partial charge is 0.317 e. The molecule has 0 unspecified atom stereocenters. The van der Waals surface area contributed by atoms with E-state index in [2.05, 4.69) is 40.3 Å². The van der Waals surface area contributed by atoms with Crippen molar-refractivity contribution >= 4 is 12.6 Å². The first-order valence-electron chi connectivity index (χ1n) is 5.81. The predicted molar refractivity (Wildman–Crippen MR) is 66.5 cm³/mol. The van der Waals surface area contributed by atoms with Crippen LogP contribution in [0.25, 0.3) is 0 Å². The van der Waals surface area contributed by atoms with E-state index >= 15 is 0 Å². The first-order valence-corrected chi connectivity index (χ1v) is 6.26. The van der Waals surface area contributed by atoms with Crippen molar-refractivity contribution < 1.29 is 0 Å². The maximum atomic E-state index is 6.06. The Labute approximate surface area is 94.2 Å². The Morgan fingerprint density at radius 2 is 1.29 bits per heavy atom. The second-order valence-corrected chi connectivity index (χ2v) is 6.54. The van der Waals surface area contributed by atoms with Gasteiger partial charge in [0.25, 0.3) is 0 Å². The molecule has 1 nitrogen and oxygen atoms in total. The van der Waals surface area contributed by atoms with Gasteiger partial charge < -0.3 is 5.73 Å². The molecule has 0 amide bonds. The Kier molecular flexibility index (Phi) is 3.58. The van der Waals surface area contributed by atoms with Crippen LogP contribution in [0.4, 0.5) is 0 Å². The molecular formula is C12H25NS. The van der Waals surface area contributed by atoms with Crippen LogP contribution in [-0.2, 0) is 0 Å². The maximum absolute atomic E-state index is 6.06. The fraction of sp³-hybridized carbons (Fsp3) is 1.00. The highest BCUT2D eigenvalue weighted by atomic mass is 32.1.